The Bertz CT molecular complexity index is 952. The minimum atomic E-state index is -0.610. The van der Waals surface area contributed by atoms with Crippen molar-refractivity contribution in [3.63, 3.8) is 0 Å². The first-order chi connectivity index (χ1) is 11.8. The monoisotopic (exact) mass is 344 g/mol. The molecule has 8 nitrogen and oxygen atoms in total. The lowest BCUT2D eigenvalue weighted by Gasteiger charge is -2.11. The largest absolute Gasteiger partial charge is 0.494 e. The van der Waals surface area contributed by atoms with Crippen LogP contribution in [-0.2, 0) is 18.9 Å². The third-order valence-electron chi connectivity index (χ3n) is 3.71. The van der Waals surface area contributed by atoms with Crippen LogP contribution in [0.1, 0.15) is 25.8 Å². The Morgan fingerprint density at radius 1 is 1.16 bits per heavy atom. The fourth-order valence-corrected chi connectivity index (χ4v) is 2.38. The van der Waals surface area contributed by atoms with Gasteiger partial charge in [0.25, 0.3) is 5.56 Å². The smallest absolute Gasteiger partial charge is 0.333 e. The second kappa shape index (κ2) is 7.16. The highest BCUT2D eigenvalue weighted by molar-refractivity contribution is 6.03. The van der Waals surface area contributed by atoms with Crippen molar-refractivity contribution in [2.45, 2.75) is 20.3 Å². The highest BCUT2D eigenvalue weighted by Crippen LogP contribution is 2.20. The van der Waals surface area contributed by atoms with Gasteiger partial charge in [0.1, 0.15) is 5.56 Å². The predicted molar refractivity (Wildman–Crippen MR) is 95.8 cm³/mol. The van der Waals surface area contributed by atoms with Gasteiger partial charge in [0, 0.05) is 26.7 Å². The van der Waals surface area contributed by atoms with Crippen molar-refractivity contribution >= 4 is 23.0 Å². The number of benzene rings is 1. The normalized spacial score (nSPS) is 11.4. The van der Waals surface area contributed by atoms with Crippen molar-refractivity contribution in [3.8, 4) is 5.88 Å². The first-order valence-electron chi connectivity index (χ1n) is 7.70. The SMILES string of the molecule is CCC(=Nc1ccc(NC(C)=O)cc1)c1c(O)n(C)c(=O)n(C)c1=O. The van der Waals surface area contributed by atoms with Crippen LogP contribution in [0.2, 0.25) is 0 Å². The molecular formula is C17H20N4O4. The number of nitrogens with zero attached hydrogens (tertiary/aromatic N) is 3. The summed E-state index contributed by atoms with van der Waals surface area (Å²) in [7, 11) is 2.74. The van der Waals surface area contributed by atoms with Crippen LogP contribution in [0.15, 0.2) is 38.8 Å². The average Bonchev–Trinajstić information content (AvgIpc) is 2.58. The predicted octanol–water partition coefficient (Wildman–Crippen LogP) is 1.28. The summed E-state index contributed by atoms with van der Waals surface area (Å²) in [6, 6.07) is 6.74. The van der Waals surface area contributed by atoms with E-state index in [9.17, 15) is 19.5 Å². The molecule has 8 heteroatoms. The molecule has 0 bridgehead atoms. The van der Waals surface area contributed by atoms with E-state index in [1.165, 1.54) is 21.0 Å². The molecule has 1 heterocycles. The summed E-state index contributed by atoms with van der Waals surface area (Å²) in [5.74, 6) is -0.590. The topological polar surface area (TPSA) is 106 Å². The molecule has 1 aromatic heterocycles. The molecule has 1 amide bonds. The van der Waals surface area contributed by atoms with Crippen LogP contribution in [0.3, 0.4) is 0 Å². The molecule has 2 rings (SSSR count). The quantitative estimate of drug-likeness (QED) is 0.815. The van der Waals surface area contributed by atoms with E-state index >= 15 is 0 Å². The van der Waals surface area contributed by atoms with E-state index in [1.54, 1.807) is 31.2 Å². The van der Waals surface area contributed by atoms with Gasteiger partial charge in [0.15, 0.2) is 0 Å². The number of hydrogen-bond acceptors (Lipinski definition) is 5. The maximum absolute atomic E-state index is 12.4. The summed E-state index contributed by atoms with van der Waals surface area (Å²) in [4.78, 5) is 39.7. The summed E-state index contributed by atoms with van der Waals surface area (Å²) in [5.41, 5.74) is 0.336. The molecule has 0 unspecified atom stereocenters. The molecule has 0 fully saturated rings. The van der Waals surface area contributed by atoms with Crippen LogP contribution in [0, 0.1) is 0 Å². The first-order valence-corrected chi connectivity index (χ1v) is 7.70. The van der Waals surface area contributed by atoms with Gasteiger partial charge in [-0.15, -0.1) is 0 Å². The van der Waals surface area contributed by atoms with E-state index in [2.05, 4.69) is 10.3 Å². The van der Waals surface area contributed by atoms with E-state index in [-0.39, 0.29) is 11.5 Å². The summed E-state index contributed by atoms with van der Waals surface area (Å²) in [6.45, 7) is 3.22. The van der Waals surface area contributed by atoms with Gasteiger partial charge in [0.05, 0.1) is 11.4 Å². The second-order valence-corrected chi connectivity index (χ2v) is 5.54. The molecule has 0 aliphatic heterocycles. The molecule has 0 radical (unpaired) electrons. The van der Waals surface area contributed by atoms with Crippen LogP contribution >= 0.6 is 0 Å². The molecule has 1 aromatic carbocycles. The van der Waals surface area contributed by atoms with Crippen molar-refractivity contribution in [1.82, 2.24) is 9.13 Å². The molecule has 0 aliphatic rings. The zero-order chi connectivity index (χ0) is 18.7. The number of carbonyl (C=O) groups excluding carboxylic acids is 1. The Balaban J connectivity index is 2.54. The Labute approximate surface area is 144 Å². The Hall–Kier alpha value is -3.16. The van der Waals surface area contributed by atoms with Gasteiger partial charge in [-0.2, -0.15) is 0 Å². The van der Waals surface area contributed by atoms with Gasteiger partial charge in [-0.3, -0.25) is 23.7 Å². The van der Waals surface area contributed by atoms with E-state index in [4.69, 9.17) is 0 Å². The number of aliphatic imine (C=N–C) groups is 1. The summed E-state index contributed by atoms with van der Waals surface area (Å²) >= 11 is 0. The maximum atomic E-state index is 12.4. The summed E-state index contributed by atoms with van der Waals surface area (Å²) in [6.07, 6.45) is 0.383. The van der Waals surface area contributed by atoms with Crippen molar-refractivity contribution in [1.29, 1.82) is 0 Å². The third kappa shape index (κ3) is 3.68. The van der Waals surface area contributed by atoms with Gasteiger partial charge in [-0.05, 0) is 30.7 Å². The van der Waals surface area contributed by atoms with Crippen LogP contribution in [0.25, 0.3) is 0 Å². The number of aromatic nitrogens is 2. The third-order valence-corrected chi connectivity index (χ3v) is 3.71. The van der Waals surface area contributed by atoms with Gasteiger partial charge in [-0.1, -0.05) is 6.92 Å². The lowest BCUT2D eigenvalue weighted by atomic mass is 10.1. The number of nitrogens with one attached hydrogen (secondary N) is 1. The van der Waals surface area contributed by atoms with Crippen LogP contribution in [-0.4, -0.2) is 25.9 Å². The zero-order valence-electron chi connectivity index (χ0n) is 14.5. The zero-order valence-corrected chi connectivity index (χ0v) is 14.5. The molecule has 0 atom stereocenters. The number of rotatable bonds is 4. The highest BCUT2D eigenvalue weighted by atomic mass is 16.3. The Morgan fingerprint density at radius 3 is 2.28 bits per heavy atom. The van der Waals surface area contributed by atoms with Crippen LogP contribution in [0.5, 0.6) is 5.88 Å². The average molecular weight is 344 g/mol. The number of carbonyl (C=O) groups is 1. The van der Waals surface area contributed by atoms with Gasteiger partial charge >= 0.3 is 5.69 Å². The summed E-state index contributed by atoms with van der Waals surface area (Å²) in [5, 5.41) is 12.9. The maximum Gasteiger partial charge on any atom is 0.333 e. The standard InChI is InChI=1S/C17H20N4O4/c1-5-13(14-15(23)20(3)17(25)21(4)16(14)24)19-12-8-6-11(7-9-12)18-10(2)22/h6-9,23H,5H2,1-4H3,(H,18,22). The molecule has 0 saturated heterocycles. The lowest BCUT2D eigenvalue weighted by Crippen LogP contribution is -2.40. The van der Waals surface area contributed by atoms with Crippen molar-refractivity contribution < 1.29 is 9.90 Å². The van der Waals surface area contributed by atoms with Crippen LogP contribution < -0.4 is 16.6 Å². The number of hydrogen-bond donors (Lipinski definition) is 2. The molecule has 2 aromatic rings. The van der Waals surface area contributed by atoms with E-state index in [0.29, 0.717) is 23.5 Å². The Kier molecular flexibility index (Phi) is 5.21. The fourth-order valence-electron chi connectivity index (χ4n) is 2.38. The molecule has 0 saturated carbocycles. The van der Waals surface area contributed by atoms with Gasteiger partial charge < -0.3 is 10.4 Å². The number of anilines is 1. The minimum absolute atomic E-state index is 0.00182. The second-order valence-electron chi connectivity index (χ2n) is 5.54. The van der Waals surface area contributed by atoms with Crippen LogP contribution in [0.4, 0.5) is 11.4 Å². The molecule has 25 heavy (non-hydrogen) atoms. The number of aromatic hydroxyl groups is 1. The van der Waals surface area contributed by atoms with Crippen molar-refractivity contribution in [3.05, 3.63) is 50.7 Å². The first kappa shape index (κ1) is 18.2. The molecule has 2 N–H and O–H groups in total. The molecule has 0 aliphatic carbocycles. The van der Waals surface area contributed by atoms with E-state index in [1.807, 2.05) is 0 Å². The highest BCUT2D eigenvalue weighted by Gasteiger charge is 2.19. The molecule has 0 spiro atoms. The minimum Gasteiger partial charge on any atom is -0.494 e. The van der Waals surface area contributed by atoms with E-state index in [0.717, 1.165) is 9.13 Å². The van der Waals surface area contributed by atoms with Crippen molar-refractivity contribution in [2.75, 3.05) is 5.32 Å². The van der Waals surface area contributed by atoms with Gasteiger partial charge in [0.2, 0.25) is 11.8 Å². The lowest BCUT2D eigenvalue weighted by molar-refractivity contribution is -0.114. The molecular weight excluding hydrogens is 324 g/mol. The fraction of sp³-hybridized carbons (Fsp3) is 0.294. The Morgan fingerprint density at radius 2 is 1.76 bits per heavy atom. The van der Waals surface area contributed by atoms with E-state index < -0.39 is 17.1 Å². The summed E-state index contributed by atoms with van der Waals surface area (Å²) < 4.78 is 1.93. The van der Waals surface area contributed by atoms with Gasteiger partial charge in [-0.25, -0.2) is 4.79 Å². The molecule has 132 valence electrons. The van der Waals surface area contributed by atoms with Crippen molar-refractivity contribution in [2.24, 2.45) is 19.1 Å². The number of amides is 1.